The van der Waals surface area contributed by atoms with E-state index in [4.69, 9.17) is 14.2 Å². The third kappa shape index (κ3) is 36.2. The van der Waals surface area contributed by atoms with Crippen molar-refractivity contribution < 1.29 is 38.2 Å². The number of likely N-dealkylation sites (N-methyl/N-ethyl adjacent to an activating group) is 1. The number of allylic oxidation sites excluding steroid dienone is 14. The fraction of sp³-hybridized carbons (Fsp3) is 0.646. The van der Waals surface area contributed by atoms with Crippen LogP contribution in [0.5, 0.6) is 0 Å². The molecule has 0 aliphatic heterocycles. The fourth-order valence-corrected chi connectivity index (χ4v) is 5.68. The second-order valence-electron chi connectivity index (χ2n) is 15.2. The van der Waals surface area contributed by atoms with E-state index >= 15 is 0 Å². The van der Waals surface area contributed by atoms with E-state index in [0.29, 0.717) is 12.8 Å². The van der Waals surface area contributed by atoms with Crippen molar-refractivity contribution in [3.8, 4) is 0 Å². The summed E-state index contributed by atoms with van der Waals surface area (Å²) in [7, 11) is 5.37. The van der Waals surface area contributed by atoms with E-state index in [1.54, 1.807) is 21.1 Å². The number of aliphatic carboxylic acids is 1. The number of nitrogens with zero attached hydrogens (tertiary/aromatic N) is 1. The van der Waals surface area contributed by atoms with E-state index in [0.717, 1.165) is 64.2 Å². The Morgan fingerprint density at radius 1 is 0.554 bits per heavy atom. The lowest BCUT2D eigenvalue weighted by Crippen LogP contribution is -2.55. The monoisotopic (exact) mass is 782 g/mol. The van der Waals surface area contributed by atoms with Crippen LogP contribution in [0.1, 0.15) is 149 Å². The number of carbonyl (C=O) groups is 3. The molecule has 0 aromatic rings. The zero-order chi connectivity index (χ0) is 41.4. The van der Waals surface area contributed by atoms with Crippen molar-refractivity contribution in [2.75, 3.05) is 41.0 Å². The van der Waals surface area contributed by atoms with Gasteiger partial charge in [-0.15, -0.1) is 0 Å². The fourth-order valence-electron chi connectivity index (χ4n) is 5.68. The van der Waals surface area contributed by atoms with Crippen LogP contribution in [-0.4, -0.2) is 75.5 Å². The quantitative estimate of drug-likeness (QED) is 0.0268. The van der Waals surface area contributed by atoms with Gasteiger partial charge in [0.25, 0.3) is 0 Å². The Morgan fingerprint density at radius 2 is 1.04 bits per heavy atom. The Labute approximate surface area is 342 Å². The summed E-state index contributed by atoms with van der Waals surface area (Å²) in [5.74, 6) is -1.88. The summed E-state index contributed by atoms with van der Waals surface area (Å²) < 4.78 is 17.0. The van der Waals surface area contributed by atoms with Gasteiger partial charge < -0.3 is 28.6 Å². The number of carboxylic acid groups (broad SMARTS) is 1. The Bertz CT molecular complexity index is 1190. The van der Waals surface area contributed by atoms with Gasteiger partial charge in [0.2, 0.25) is 0 Å². The van der Waals surface area contributed by atoms with Crippen LogP contribution < -0.4 is 5.11 Å². The van der Waals surface area contributed by atoms with E-state index in [1.165, 1.54) is 38.5 Å². The normalized spacial score (nSPS) is 13.8. The predicted octanol–water partition coefficient (Wildman–Crippen LogP) is 10.4. The summed E-state index contributed by atoms with van der Waals surface area (Å²) in [6.45, 7) is 4.42. The largest absolute Gasteiger partial charge is 0.544 e. The molecule has 318 valence electrons. The summed E-state index contributed by atoms with van der Waals surface area (Å²) in [5, 5.41) is 11.6. The molecule has 2 unspecified atom stereocenters. The van der Waals surface area contributed by atoms with Gasteiger partial charge in [-0.2, -0.15) is 0 Å². The molecule has 0 N–H and O–H groups in total. The van der Waals surface area contributed by atoms with E-state index in [-0.39, 0.29) is 55.5 Å². The second kappa shape index (κ2) is 38.4. The minimum atomic E-state index is -1.14. The molecule has 0 amide bonds. The molecule has 0 heterocycles. The highest BCUT2D eigenvalue weighted by Gasteiger charge is 2.25. The molecule has 8 heteroatoms. The van der Waals surface area contributed by atoms with Crippen molar-refractivity contribution in [3.05, 3.63) is 85.1 Å². The smallest absolute Gasteiger partial charge is 0.306 e. The molecule has 2 atom stereocenters. The van der Waals surface area contributed by atoms with Gasteiger partial charge in [-0.3, -0.25) is 9.59 Å². The van der Waals surface area contributed by atoms with Gasteiger partial charge >= 0.3 is 11.9 Å². The summed E-state index contributed by atoms with van der Waals surface area (Å²) in [6, 6.07) is -0.743. The van der Waals surface area contributed by atoms with Gasteiger partial charge in [0, 0.05) is 19.3 Å². The number of carbonyl (C=O) groups excluding carboxylic acids is 3. The highest BCUT2D eigenvalue weighted by atomic mass is 16.6. The maximum Gasteiger partial charge on any atom is 0.306 e. The van der Waals surface area contributed by atoms with Crippen LogP contribution in [-0.2, 0) is 28.6 Å². The van der Waals surface area contributed by atoms with E-state index < -0.39 is 18.1 Å². The molecule has 8 nitrogen and oxygen atoms in total. The van der Waals surface area contributed by atoms with Gasteiger partial charge in [0.05, 0.1) is 40.3 Å². The molecule has 0 radical (unpaired) electrons. The molecule has 0 spiro atoms. The average Bonchev–Trinajstić information content (AvgIpc) is 3.15. The third-order valence-electron chi connectivity index (χ3n) is 9.03. The number of esters is 2. The zero-order valence-electron chi connectivity index (χ0n) is 36.0. The Morgan fingerprint density at radius 3 is 1.55 bits per heavy atom. The highest BCUT2D eigenvalue weighted by Crippen LogP contribution is 2.11. The van der Waals surface area contributed by atoms with Gasteiger partial charge in [-0.25, -0.2) is 0 Å². The number of unbranched alkanes of at least 4 members (excludes halogenated alkanes) is 9. The van der Waals surface area contributed by atoms with Crippen LogP contribution in [0.2, 0.25) is 0 Å². The van der Waals surface area contributed by atoms with Crippen LogP contribution in [0.4, 0.5) is 0 Å². The van der Waals surface area contributed by atoms with Gasteiger partial charge in [-0.1, -0.05) is 137 Å². The molecule has 0 aliphatic carbocycles. The maximum atomic E-state index is 12.7. The molecule has 0 aromatic heterocycles. The Hall–Kier alpha value is -3.49. The summed E-state index contributed by atoms with van der Waals surface area (Å²) >= 11 is 0. The van der Waals surface area contributed by atoms with Crippen molar-refractivity contribution >= 4 is 17.9 Å². The number of carboxylic acids is 1. The lowest BCUT2D eigenvalue weighted by Gasteiger charge is -2.34. The first-order valence-electron chi connectivity index (χ1n) is 21.6. The molecule has 56 heavy (non-hydrogen) atoms. The molecule has 0 rings (SSSR count). The number of ether oxygens (including phenoxy) is 3. The Balaban J connectivity index is 4.51. The minimum Gasteiger partial charge on any atom is -0.544 e. The highest BCUT2D eigenvalue weighted by molar-refractivity contribution is 5.70. The van der Waals surface area contributed by atoms with Crippen LogP contribution in [0, 0.1) is 0 Å². The van der Waals surface area contributed by atoms with Gasteiger partial charge in [0.1, 0.15) is 12.6 Å². The van der Waals surface area contributed by atoms with Crippen molar-refractivity contribution in [3.63, 3.8) is 0 Å². The van der Waals surface area contributed by atoms with Crippen molar-refractivity contribution in [2.45, 2.75) is 161 Å². The van der Waals surface area contributed by atoms with E-state index in [9.17, 15) is 19.5 Å². The zero-order valence-corrected chi connectivity index (χ0v) is 36.0. The van der Waals surface area contributed by atoms with Crippen LogP contribution in [0.3, 0.4) is 0 Å². The summed E-state index contributed by atoms with van der Waals surface area (Å²) in [4.78, 5) is 36.8. The molecule has 0 aliphatic rings. The van der Waals surface area contributed by atoms with Gasteiger partial charge in [0.15, 0.2) is 6.10 Å². The molecular formula is C48H79NO7. The molecular weight excluding hydrogens is 703 g/mol. The first-order valence-corrected chi connectivity index (χ1v) is 21.6. The first-order chi connectivity index (χ1) is 27.1. The summed E-state index contributed by atoms with van der Waals surface area (Å²) in [6.07, 6.45) is 49.1. The maximum absolute atomic E-state index is 12.7. The van der Waals surface area contributed by atoms with Gasteiger partial charge in [-0.05, 0) is 77.0 Å². The number of quaternary nitrogens is 1. The number of hydrogen-bond donors (Lipinski definition) is 0. The second-order valence-corrected chi connectivity index (χ2v) is 15.2. The van der Waals surface area contributed by atoms with Crippen LogP contribution >= 0.6 is 0 Å². The first kappa shape index (κ1) is 52.5. The average molecular weight is 782 g/mol. The minimum absolute atomic E-state index is 0.00494. The standard InChI is InChI=1S/C48H79NO7/c1-6-8-10-12-14-16-18-20-21-22-23-24-25-27-29-31-33-35-37-39-47(51)56-44(42-54-41-40-45(48(52)53)49(3,4)5)43-55-46(50)38-36-34-32-30-28-26-19-17-15-13-11-9-7-2/h8,10,14,16,20-21,23-24,26-29,32,34,44-45H,6-7,9,11-13,15,17-19,22,25,30-31,33,35-43H2,1-5H3/b10-8+,16-14+,21-20+,24-23+,28-26+,29-27+,34-32+. The predicted molar refractivity (Wildman–Crippen MR) is 231 cm³/mol. The topological polar surface area (TPSA) is 102 Å². The lowest BCUT2D eigenvalue weighted by atomic mass is 10.1. The van der Waals surface area contributed by atoms with E-state index in [1.807, 2.05) is 6.08 Å². The Kier molecular flexibility index (Phi) is 36.0. The number of rotatable bonds is 37. The molecule has 0 bridgehead atoms. The van der Waals surface area contributed by atoms with Crippen molar-refractivity contribution in [2.24, 2.45) is 0 Å². The third-order valence-corrected chi connectivity index (χ3v) is 9.03. The number of hydrogen-bond acceptors (Lipinski definition) is 7. The molecule has 0 saturated carbocycles. The van der Waals surface area contributed by atoms with Crippen LogP contribution in [0.25, 0.3) is 0 Å². The molecule has 0 saturated heterocycles. The van der Waals surface area contributed by atoms with Crippen LogP contribution in [0.15, 0.2) is 85.1 Å². The lowest BCUT2D eigenvalue weighted by molar-refractivity contribution is -0.889. The molecule has 0 aromatic carbocycles. The SMILES string of the molecule is CC/C=C/C/C=C/C/C=C/C/C=C/C/C=C/CCCCCC(=O)OC(COCCC(C(=O)[O-])[N+](C)(C)C)COC(=O)CC/C=C/C/C=C/CCCCCCCC. The van der Waals surface area contributed by atoms with E-state index in [2.05, 4.69) is 92.8 Å². The van der Waals surface area contributed by atoms with Crippen molar-refractivity contribution in [1.29, 1.82) is 0 Å². The van der Waals surface area contributed by atoms with Crippen molar-refractivity contribution in [1.82, 2.24) is 0 Å². The molecule has 0 fully saturated rings. The summed E-state index contributed by atoms with van der Waals surface area (Å²) in [5.41, 5.74) is 0.